The molecular formula is C42H74Cl2FN11O8S. The minimum Gasteiger partial charge on any atom is -0.444 e. The molecule has 4 aliphatic rings. The Bertz CT molecular complexity index is 1890. The molecule has 372 valence electrons. The van der Waals surface area contributed by atoms with Gasteiger partial charge in [0.15, 0.2) is 0 Å². The van der Waals surface area contributed by atoms with Crippen LogP contribution in [-0.2, 0) is 28.8 Å². The van der Waals surface area contributed by atoms with Gasteiger partial charge in [0.1, 0.15) is 33.1 Å². The predicted octanol–water partition coefficient (Wildman–Crippen LogP) is 5.64. The highest BCUT2D eigenvalue weighted by Gasteiger charge is 2.34. The molecule has 0 bridgehead atoms. The Morgan fingerprint density at radius 2 is 1.23 bits per heavy atom. The summed E-state index contributed by atoms with van der Waals surface area (Å²) in [6.45, 7) is 31.2. The molecule has 0 spiro atoms. The van der Waals surface area contributed by atoms with Crippen LogP contribution in [0.25, 0.3) is 0 Å². The molecule has 0 aliphatic carbocycles. The number of anilines is 3. The molecular weight excluding hydrogens is 909 g/mol. The highest BCUT2D eigenvalue weighted by Crippen LogP contribution is 2.23. The van der Waals surface area contributed by atoms with Crippen LogP contribution < -0.4 is 20.9 Å². The van der Waals surface area contributed by atoms with Gasteiger partial charge in [-0.05, 0) is 75.8 Å². The van der Waals surface area contributed by atoms with Crippen LogP contribution in [0.4, 0.5) is 31.6 Å². The van der Waals surface area contributed by atoms with Crippen LogP contribution in [0.2, 0.25) is 10.3 Å². The van der Waals surface area contributed by atoms with E-state index in [-0.39, 0.29) is 34.6 Å². The largest absolute Gasteiger partial charge is 0.444 e. The fourth-order valence-electron chi connectivity index (χ4n) is 6.47. The van der Waals surface area contributed by atoms with Crippen molar-refractivity contribution < 1.29 is 42.7 Å². The summed E-state index contributed by atoms with van der Waals surface area (Å²) in [7, 11) is -4.45. The van der Waals surface area contributed by atoms with Crippen molar-refractivity contribution in [2.24, 2.45) is 5.73 Å². The van der Waals surface area contributed by atoms with E-state index in [1.165, 1.54) is 0 Å². The molecule has 2 aromatic rings. The lowest BCUT2D eigenvalue weighted by Gasteiger charge is -2.40. The van der Waals surface area contributed by atoms with Crippen molar-refractivity contribution >= 4 is 62.8 Å². The Kier molecular flexibility index (Phi) is 22.9. The van der Waals surface area contributed by atoms with E-state index in [1.54, 1.807) is 21.9 Å². The number of hydrogen-bond donors (Lipinski definition) is 2. The van der Waals surface area contributed by atoms with Crippen molar-refractivity contribution in [1.29, 1.82) is 0 Å². The molecule has 6 rings (SSSR count). The maximum atomic E-state index is 12.0. The smallest absolute Gasteiger partial charge is 0.410 e. The van der Waals surface area contributed by atoms with Crippen molar-refractivity contribution in [2.75, 3.05) is 114 Å². The normalized spacial score (nSPS) is 17.1. The van der Waals surface area contributed by atoms with Gasteiger partial charge < -0.3 is 49.6 Å². The minimum absolute atomic E-state index is 0.0866. The first-order valence-corrected chi connectivity index (χ1v) is 24.3. The van der Waals surface area contributed by atoms with E-state index < -0.39 is 28.2 Å². The molecule has 65 heavy (non-hydrogen) atoms. The Labute approximate surface area is 397 Å². The molecule has 0 unspecified atom stereocenters. The number of hydrogen-bond acceptors (Lipinski definition) is 17. The van der Waals surface area contributed by atoms with E-state index >= 15 is 0 Å². The summed E-state index contributed by atoms with van der Waals surface area (Å²) in [6.07, 6.45) is 0.498. The summed E-state index contributed by atoms with van der Waals surface area (Å²) < 4.78 is 59.3. The number of ether oxygens (including phenoxy) is 4. The monoisotopic (exact) mass is 982 g/mol. The molecule has 2 amide bonds. The molecule has 23 heteroatoms. The summed E-state index contributed by atoms with van der Waals surface area (Å²) in [5.74, 6) is 1.78. The van der Waals surface area contributed by atoms with Gasteiger partial charge in [-0.1, -0.05) is 30.1 Å². The zero-order chi connectivity index (χ0) is 50.0. The molecule has 4 aliphatic heterocycles. The van der Waals surface area contributed by atoms with Crippen molar-refractivity contribution in [3.63, 3.8) is 0 Å². The standard InChI is InChI=1S/C16H24ClN5O3.C9H12ClN3O3S.C8H16N2O2.C8H19N.CH3F/c1-16(2,3)25-15(23)22-9-11(10-22)18-14-19-12(17)8-13(20-14)21-4-6-24-7-5-21;1-17(14,15)9-11-7(10)6-8(12-9)13-2-4-16-5-3-13;1-8(2,3)12-7(11)10-4-6(9)5-10;1-6-9(7(2)3)8(4)5;1-2/h8,11H,4-7,9-10H2,1-3H3,(H,18,19,20);6H,2-5H2,1H3;6H,4-5,9H2,1-3H3;7-8H,6H2,1-5H3;1H3/i;;;;1D. The number of halogens is 3. The molecule has 0 saturated carbocycles. The van der Waals surface area contributed by atoms with E-state index in [9.17, 15) is 22.4 Å². The second kappa shape index (κ2) is 26.7. The second-order valence-corrected chi connectivity index (χ2v) is 20.7. The molecule has 19 nitrogen and oxygen atoms in total. The number of carbonyl (C=O) groups is 2. The number of alkyl halides is 1. The van der Waals surface area contributed by atoms with Gasteiger partial charge in [0, 0.05) is 88.9 Å². The highest BCUT2D eigenvalue weighted by molar-refractivity contribution is 7.90. The van der Waals surface area contributed by atoms with Crippen LogP contribution in [0, 0.1) is 0 Å². The lowest BCUT2D eigenvalue weighted by molar-refractivity contribution is 0.00845. The highest BCUT2D eigenvalue weighted by atomic mass is 35.5. The quantitative estimate of drug-likeness (QED) is 0.242. The summed E-state index contributed by atoms with van der Waals surface area (Å²) in [5, 5.41) is 3.51. The SMILES string of the molecule is CC(C)(C)OC(=O)N1CC(N)C1.CC(C)(C)OC(=O)N1CC(Nc2nc(Cl)cc(N3CCOCC3)n2)C1.CCN(C(C)C)C(C)C.CS(=O)(=O)c1nc(Cl)cc(N2CCOCC2)n1.[2H]CF. The van der Waals surface area contributed by atoms with Gasteiger partial charge in [0.25, 0.3) is 0 Å². The van der Waals surface area contributed by atoms with Crippen molar-refractivity contribution in [3.8, 4) is 0 Å². The lowest BCUT2D eigenvalue weighted by Crippen LogP contribution is -2.58. The van der Waals surface area contributed by atoms with Gasteiger partial charge in [-0.15, -0.1) is 0 Å². The summed E-state index contributed by atoms with van der Waals surface area (Å²) in [4.78, 5) is 49.4. The van der Waals surface area contributed by atoms with E-state index in [0.717, 1.165) is 31.7 Å². The third-order valence-electron chi connectivity index (χ3n) is 9.46. The average Bonchev–Trinajstić information content (AvgIpc) is 3.17. The number of nitrogens with zero attached hydrogens (tertiary/aromatic N) is 9. The number of sulfone groups is 1. The van der Waals surface area contributed by atoms with E-state index in [4.69, 9.17) is 49.3 Å². The number of likely N-dealkylation sites (tertiary alicyclic amines) is 2. The number of amides is 2. The van der Waals surface area contributed by atoms with E-state index in [1.807, 2.05) is 46.4 Å². The molecule has 6 heterocycles. The molecule has 4 saturated heterocycles. The predicted molar refractivity (Wildman–Crippen MR) is 254 cm³/mol. The third-order valence-corrected chi connectivity index (χ3v) is 10.7. The zero-order valence-electron chi connectivity index (χ0n) is 41.3. The number of nitrogens with two attached hydrogens (primary N) is 1. The average molecular weight is 984 g/mol. The van der Waals surface area contributed by atoms with Crippen molar-refractivity contribution in [3.05, 3.63) is 22.4 Å². The first-order chi connectivity index (χ1) is 30.7. The summed E-state index contributed by atoms with van der Waals surface area (Å²) in [5.41, 5.74) is 4.63. The molecule has 4 fully saturated rings. The first kappa shape index (κ1) is 55.7. The summed E-state index contributed by atoms with van der Waals surface area (Å²) >= 11 is 11.9. The first-order valence-electron chi connectivity index (χ1n) is 22.4. The van der Waals surface area contributed by atoms with Crippen LogP contribution in [0.3, 0.4) is 0 Å². The molecule has 2 aromatic heterocycles. The van der Waals surface area contributed by atoms with E-state index in [0.29, 0.717) is 94.7 Å². The van der Waals surface area contributed by atoms with Crippen LogP contribution in [0.5, 0.6) is 0 Å². The van der Waals surface area contributed by atoms with Crippen LogP contribution in [-0.4, -0.2) is 189 Å². The van der Waals surface area contributed by atoms with Crippen molar-refractivity contribution in [1.82, 2.24) is 34.6 Å². The molecule has 0 radical (unpaired) electrons. The minimum atomic E-state index is -3.45. The molecule has 0 aromatic carbocycles. The number of rotatable bonds is 8. The van der Waals surface area contributed by atoms with Crippen molar-refractivity contribution in [2.45, 2.75) is 117 Å². The maximum absolute atomic E-state index is 12.0. The third kappa shape index (κ3) is 21.3. The number of nitrogens with one attached hydrogen (secondary N) is 1. The van der Waals surface area contributed by atoms with Gasteiger partial charge in [-0.2, -0.15) is 4.98 Å². The second-order valence-electron chi connectivity index (χ2n) is 18.1. The van der Waals surface area contributed by atoms with Gasteiger partial charge in [-0.25, -0.2) is 33.0 Å². The Morgan fingerprint density at radius 3 is 1.58 bits per heavy atom. The number of carbonyl (C=O) groups excluding carboxylic acids is 2. The van der Waals surface area contributed by atoms with E-state index in [2.05, 4.69) is 69.7 Å². The van der Waals surface area contributed by atoms with Crippen LogP contribution in [0.1, 0.15) is 77.5 Å². The number of morpholine rings is 2. The van der Waals surface area contributed by atoms with Gasteiger partial charge in [-0.3, -0.25) is 9.29 Å². The lowest BCUT2D eigenvalue weighted by atomic mass is 10.1. The fraction of sp³-hybridized carbons (Fsp3) is 0.762. The number of aromatic nitrogens is 4. The Balaban J connectivity index is 0.000000317. The zero-order valence-corrected chi connectivity index (χ0v) is 42.6. The van der Waals surface area contributed by atoms with Crippen LogP contribution in [0.15, 0.2) is 17.3 Å². The molecule has 3 N–H and O–H groups in total. The van der Waals surface area contributed by atoms with Crippen LogP contribution >= 0.6 is 23.2 Å². The Hall–Kier alpha value is -3.60. The summed E-state index contributed by atoms with van der Waals surface area (Å²) in [6, 6.07) is 4.92. The maximum Gasteiger partial charge on any atom is 0.410 e. The van der Waals surface area contributed by atoms with Gasteiger partial charge in [0.05, 0.1) is 41.0 Å². The Morgan fingerprint density at radius 1 is 0.831 bits per heavy atom. The fourth-order valence-corrected chi connectivity index (χ4v) is 7.40. The molecule has 0 atom stereocenters. The van der Waals surface area contributed by atoms with Gasteiger partial charge >= 0.3 is 12.2 Å². The topological polar surface area (TPSA) is 211 Å². The van der Waals surface area contributed by atoms with Gasteiger partial charge in [0.2, 0.25) is 20.9 Å².